The highest BCUT2D eigenvalue weighted by Gasteiger charge is 2.24. The van der Waals surface area contributed by atoms with Gasteiger partial charge in [0.05, 0.1) is 13.7 Å². The van der Waals surface area contributed by atoms with E-state index < -0.39 is 0 Å². The van der Waals surface area contributed by atoms with Crippen molar-refractivity contribution in [3.05, 3.63) is 22.7 Å². The molecule has 0 aliphatic carbocycles. The lowest BCUT2D eigenvalue weighted by Gasteiger charge is -2.27. The lowest BCUT2D eigenvalue weighted by molar-refractivity contribution is 0.299. The van der Waals surface area contributed by atoms with Crippen molar-refractivity contribution in [2.75, 3.05) is 20.3 Å². The average molecular weight is 270 g/mol. The van der Waals surface area contributed by atoms with Gasteiger partial charge in [0.2, 0.25) is 0 Å². The minimum absolute atomic E-state index is 0.267. The van der Waals surface area contributed by atoms with Crippen LogP contribution < -0.4 is 14.8 Å². The summed E-state index contributed by atoms with van der Waals surface area (Å²) in [5.41, 5.74) is 1.04. The zero-order valence-electron chi connectivity index (χ0n) is 11.0. The summed E-state index contributed by atoms with van der Waals surface area (Å²) in [6, 6.07) is 4.01. The van der Waals surface area contributed by atoms with Gasteiger partial charge in [-0.15, -0.1) is 0 Å². The second kappa shape index (κ2) is 6.30. The van der Waals surface area contributed by atoms with Crippen LogP contribution in [0.3, 0.4) is 0 Å². The molecule has 1 heterocycles. The minimum Gasteiger partial charge on any atom is -0.493 e. The van der Waals surface area contributed by atoms with Crippen molar-refractivity contribution in [2.24, 2.45) is 0 Å². The van der Waals surface area contributed by atoms with E-state index in [2.05, 4.69) is 5.32 Å². The zero-order chi connectivity index (χ0) is 13.0. The van der Waals surface area contributed by atoms with Crippen LogP contribution in [0.25, 0.3) is 0 Å². The van der Waals surface area contributed by atoms with Crippen LogP contribution in [0.4, 0.5) is 0 Å². The maximum Gasteiger partial charge on any atom is 0.167 e. The maximum atomic E-state index is 6.35. The lowest BCUT2D eigenvalue weighted by atomic mass is 9.96. The molecule has 2 rings (SSSR count). The first-order valence-corrected chi connectivity index (χ1v) is 6.88. The van der Waals surface area contributed by atoms with E-state index in [1.165, 1.54) is 12.8 Å². The summed E-state index contributed by atoms with van der Waals surface area (Å²) >= 11 is 6.35. The quantitative estimate of drug-likeness (QED) is 0.907. The molecule has 3 nitrogen and oxygen atoms in total. The van der Waals surface area contributed by atoms with Crippen molar-refractivity contribution in [1.82, 2.24) is 5.32 Å². The molecule has 1 aromatic carbocycles. The van der Waals surface area contributed by atoms with Crippen molar-refractivity contribution in [3.8, 4) is 11.5 Å². The van der Waals surface area contributed by atoms with Crippen LogP contribution in [0.2, 0.25) is 5.02 Å². The molecule has 1 N–H and O–H groups in total. The molecule has 1 unspecified atom stereocenters. The molecule has 1 aromatic rings. The Hall–Kier alpha value is -0.930. The molecule has 1 saturated heterocycles. The van der Waals surface area contributed by atoms with E-state index in [-0.39, 0.29) is 6.04 Å². The van der Waals surface area contributed by atoms with Crippen LogP contribution in [0.15, 0.2) is 12.1 Å². The SMILES string of the molecule is CCOc1c(OC)ccc(Cl)c1C1CCCCN1. The Morgan fingerprint density at radius 2 is 2.22 bits per heavy atom. The number of rotatable bonds is 4. The zero-order valence-corrected chi connectivity index (χ0v) is 11.7. The highest BCUT2D eigenvalue weighted by Crippen LogP contribution is 2.42. The van der Waals surface area contributed by atoms with Gasteiger partial charge in [-0.25, -0.2) is 0 Å². The predicted octanol–water partition coefficient (Wildman–Crippen LogP) is 3.56. The van der Waals surface area contributed by atoms with Crippen LogP contribution in [0.5, 0.6) is 11.5 Å². The Labute approximate surface area is 113 Å². The molecule has 1 atom stereocenters. The molecule has 4 heteroatoms. The third kappa shape index (κ3) is 2.73. The third-order valence-corrected chi connectivity index (χ3v) is 3.60. The van der Waals surface area contributed by atoms with Gasteiger partial charge in [-0.3, -0.25) is 0 Å². The number of hydrogen-bond acceptors (Lipinski definition) is 3. The molecule has 0 saturated carbocycles. The fraction of sp³-hybridized carbons (Fsp3) is 0.571. The first-order chi connectivity index (χ1) is 8.77. The molecular formula is C14H20ClNO2. The van der Waals surface area contributed by atoms with Gasteiger partial charge in [-0.05, 0) is 38.4 Å². The van der Waals surface area contributed by atoms with Gasteiger partial charge >= 0.3 is 0 Å². The fourth-order valence-electron chi connectivity index (χ4n) is 2.43. The molecule has 1 fully saturated rings. The summed E-state index contributed by atoms with van der Waals surface area (Å²) in [6.07, 6.45) is 3.53. The topological polar surface area (TPSA) is 30.5 Å². The highest BCUT2D eigenvalue weighted by atomic mass is 35.5. The summed E-state index contributed by atoms with van der Waals surface area (Å²) in [5.74, 6) is 1.54. The Bertz CT molecular complexity index is 403. The van der Waals surface area contributed by atoms with E-state index in [0.717, 1.165) is 35.1 Å². The monoisotopic (exact) mass is 269 g/mol. The van der Waals surface area contributed by atoms with Gasteiger partial charge in [-0.2, -0.15) is 0 Å². The molecule has 0 radical (unpaired) electrons. The molecule has 0 spiro atoms. The molecule has 0 aromatic heterocycles. The predicted molar refractivity (Wildman–Crippen MR) is 73.8 cm³/mol. The summed E-state index contributed by atoms with van der Waals surface area (Å²) in [6.45, 7) is 3.61. The Morgan fingerprint density at radius 3 is 2.83 bits per heavy atom. The van der Waals surface area contributed by atoms with Gasteiger partial charge < -0.3 is 14.8 Å². The van der Waals surface area contributed by atoms with E-state index in [1.807, 2.05) is 19.1 Å². The van der Waals surface area contributed by atoms with E-state index in [4.69, 9.17) is 21.1 Å². The molecule has 0 bridgehead atoms. The second-order valence-electron chi connectivity index (χ2n) is 4.43. The first-order valence-electron chi connectivity index (χ1n) is 6.50. The van der Waals surface area contributed by atoms with Crippen molar-refractivity contribution < 1.29 is 9.47 Å². The number of nitrogens with one attached hydrogen (secondary N) is 1. The number of benzene rings is 1. The smallest absolute Gasteiger partial charge is 0.167 e. The van der Waals surface area contributed by atoms with E-state index in [9.17, 15) is 0 Å². The number of halogens is 1. The molecule has 1 aliphatic rings. The average Bonchev–Trinajstić information content (AvgIpc) is 2.40. The van der Waals surface area contributed by atoms with Crippen LogP contribution in [0.1, 0.15) is 37.8 Å². The van der Waals surface area contributed by atoms with Gasteiger partial charge in [0, 0.05) is 16.6 Å². The maximum absolute atomic E-state index is 6.35. The molecule has 18 heavy (non-hydrogen) atoms. The van der Waals surface area contributed by atoms with Crippen LogP contribution >= 0.6 is 11.6 Å². The fourth-order valence-corrected chi connectivity index (χ4v) is 2.71. The van der Waals surface area contributed by atoms with Crippen molar-refractivity contribution in [3.63, 3.8) is 0 Å². The summed E-state index contributed by atoms with van der Waals surface area (Å²) < 4.78 is 11.1. The van der Waals surface area contributed by atoms with Gasteiger partial charge in [0.1, 0.15) is 0 Å². The van der Waals surface area contributed by atoms with E-state index in [0.29, 0.717) is 6.61 Å². The summed E-state index contributed by atoms with van der Waals surface area (Å²) in [4.78, 5) is 0. The van der Waals surface area contributed by atoms with Crippen LogP contribution in [-0.2, 0) is 0 Å². The first kappa shape index (κ1) is 13.5. The van der Waals surface area contributed by atoms with Gasteiger partial charge in [-0.1, -0.05) is 18.0 Å². The van der Waals surface area contributed by atoms with Crippen molar-refractivity contribution in [1.29, 1.82) is 0 Å². The number of piperidine rings is 1. The third-order valence-electron chi connectivity index (χ3n) is 3.27. The Morgan fingerprint density at radius 1 is 1.39 bits per heavy atom. The molecular weight excluding hydrogens is 250 g/mol. The van der Waals surface area contributed by atoms with Crippen LogP contribution in [0, 0.1) is 0 Å². The van der Waals surface area contributed by atoms with Gasteiger partial charge in [0.25, 0.3) is 0 Å². The standard InChI is InChI=1S/C14H20ClNO2/c1-3-18-14-12(17-2)8-7-10(15)13(14)11-6-4-5-9-16-11/h7-8,11,16H,3-6,9H2,1-2H3. The van der Waals surface area contributed by atoms with Crippen LogP contribution in [-0.4, -0.2) is 20.3 Å². The number of methoxy groups -OCH3 is 1. The van der Waals surface area contributed by atoms with E-state index in [1.54, 1.807) is 7.11 Å². The number of ether oxygens (including phenoxy) is 2. The Kier molecular flexibility index (Phi) is 4.72. The second-order valence-corrected chi connectivity index (χ2v) is 4.84. The van der Waals surface area contributed by atoms with Crippen molar-refractivity contribution >= 4 is 11.6 Å². The summed E-state index contributed by atoms with van der Waals surface area (Å²) in [5, 5.41) is 4.26. The van der Waals surface area contributed by atoms with Gasteiger partial charge in [0.15, 0.2) is 11.5 Å². The molecule has 100 valence electrons. The van der Waals surface area contributed by atoms with Crippen molar-refractivity contribution in [2.45, 2.75) is 32.2 Å². The van der Waals surface area contributed by atoms with E-state index >= 15 is 0 Å². The minimum atomic E-state index is 0.267. The molecule has 1 aliphatic heterocycles. The molecule has 0 amide bonds. The summed E-state index contributed by atoms with van der Waals surface area (Å²) in [7, 11) is 1.66. The lowest BCUT2D eigenvalue weighted by Crippen LogP contribution is -2.27. The normalized spacial score (nSPS) is 19.6. The highest BCUT2D eigenvalue weighted by molar-refractivity contribution is 6.31. The largest absolute Gasteiger partial charge is 0.493 e. The Balaban J connectivity index is 2.41. The number of hydrogen-bond donors (Lipinski definition) is 1.